The molecule has 1 heterocycles. The van der Waals surface area contributed by atoms with Gasteiger partial charge < -0.3 is 10.1 Å². The topological polar surface area (TPSA) is 98.5 Å². The van der Waals surface area contributed by atoms with E-state index in [1.165, 1.54) is 6.07 Å². The molecule has 0 spiro atoms. The highest BCUT2D eigenvalue weighted by Gasteiger charge is 2.45. The zero-order chi connectivity index (χ0) is 26.4. The van der Waals surface area contributed by atoms with Crippen LogP contribution in [0.15, 0.2) is 65.4 Å². The number of nitrogens with one attached hydrogen (secondary N) is 1. The van der Waals surface area contributed by atoms with Crippen molar-refractivity contribution < 1.29 is 19.2 Å². The average Bonchev–Trinajstić information content (AvgIpc) is 3.15. The molecule has 2 aliphatic carbocycles. The molecule has 2 aromatic rings. The number of fused-ring (bicyclic) bond motifs is 2. The minimum Gasteiger partial charge on any atom is -0.459 e. The minimum atomic E-state index is -0.912. The lowest BCUT2D eigenvalue weighted by Crippen LogP contribution is -2.36. The number of para-hydroxylation sites is 1. The molecule has 7 heteroatoms. The SMILES string of the molecule is CC1=C(C(=O)OC2CC(C(C)C)CCC2C)C(c2ccccc2[N+](=O)[O-])C2=C(N1)c1ccccc1C2=O. The largest absolute Gasteiger partial charge is 0.459 e. The summed E-state index contributed by atoms with van der Waals surface area (Å²) in [7, 11) is 0. The molecule has 7 nitrogen and oxygen atoms in total. The molecule has 4 unspecified atom stereocenters. The van der Waals surface area contributed by atoms with E-state index in [2.05, 4.69) is 26.1 Å². The van der Waals surface area contributed by atoms with Gasteiger partial charge >= 0.3 is 5.97 Å². The van der Waals surface area contributed by atoms with Crippen molar-refractivity contribution in [3.8, 4) is 0 Å². The second kappa shape index (κ2) is 9.61. The summed E-state index contributed by atoms with van der Waals surface area (Å²) < 4.78 is 6.17. The Morgan fingerprint density at radius 3 is 2.46 bits per heavy atom. The first-order valence-electron chi connectivity index (χ1n) is 13.0. The van der Waals surface area contributed by atoms with Crippen molar-refractivity contribution in [3.05, 3.63) is 92.2 Å². The summed E-state index contributed by atoms with van der Waals surface area (Å²) in [6.07, 6.45) is 2.64. The van der Waals surface area contributed by atoms with E-state index in [-0.39, 0.29) is 29.1 Å². The number of ketones is 1. The first-order chi connectivity index (χ1) is 17.7. The van der Waals surface area contributed by atoms with Crippen LogP contribution in [0.25, 0.3) is 5.70 Å². The molecule has 3 aliphatic rings. The van der Waals surface area contributed by atoms with Crippen LogP contribution in [-0.2, 0) is 9.53 Å². The van der Waals surface area contributed by atoms with Gasteiger partial charge in [0.1, 0.15) is 6.10 Å². The Bertz CT molecular complexity index is 1360. The standard InChI is InChI=1S/C30H32N2O5/c1-16(2)19-14-13-17(3)24(15-19)37-30(34)25-18(4)31-28-20-9-5-6-10-21(20)29(33)27(28)26(25)22-11-7-8-12-23(22)32(35)36/h5-12,16-17,19,24,26,31H,13-15H2,1-4H3. The molecule has 192 valence electrons. The third-order valence-electron chi connectivity index (χ3n) is 8.28. The number of ether oxygens (including phenoxy) is 1. The highest BCUT2D eigenvalue weighted by Crippen LogP contribution is 2.49. The molecule has 5 rings (SSSR count). The van der Waals surface area contributed by atoms with E-state index in [1.54, 1.807) is 37.3 Å². The number of esters is 1. The number of rotatable bonds is 5. The van der Waals surface area contributed by atoms with E-state index in [1.807, 2.05) is 12.1 Å². The molecule has 1 saturated carbocycles. The summed E-state index contributed by atoms with van der Waals surface area (Å²) in [5.74, 6) is -0.486. The van der Waals surface area contributed by atoms with Crippen molar-refractivity contribution in [2.24, 2.45) is 17.8 Å². The number of allylic oxidation sites excluding steroid dienone is 2. The zero-order valence-electron chi connectivity index (χ0n) is 21.6. The number of nitrogens with zero attached hydrogens (tertiary/aromatic N) is 1. The van der Waals surface area contributed by atoms with E-state index in [0.717, 1.165) is 24.8 Å². The Kier molecular flexibility index (Phi) is 6.48. The molecule has 37 heavy (non-hydrogen) atoms. The van der Waals surface area contributed by atoms with Crippen LogP contribution in [-0.4, -0.2) is 22.8 Å². The quantitative estimate of drug-likeness (QED) is 0.300. The van der Waals surface area contributed by atoms with E-state index < -0.39 is 16.8 Å². The van der Waals surface area contributed by atoms with Gasteiger partial charge in [0.15, 0.2) is 5.78 Å². The smallest absolute Gasteiger partial charge is 0.337 e. The number of nitro benzene ring substituents is 1. The van der Waals surface area contributed by atoms with Crippen LogP contribution in [0.1, 0.15) is 74.4 Å². The van der Waals surface area contributed by atoms with E-state index in [0.29, 0.717) is 39.9 Å². The zero-order valence-corrected chi connectivity index (χ0v) is 21.6. The Labute approximate surface area is 216 Å². The number of carbonyl (C=O) groups is 2. The van der Waals surface area contributed by atoms with Gasteiger partial charge in [0.25, 0.3) is 5.69 Å². The highest BCUT2D eigenvalue weighted by molar-refractivity contribution is 6.23. The third kappa shape index (κ3) is 4.26. The number of dihydropyridines is 1. The van der Waals surface area contributed by atoms with Gasteiger partial charge in [-0.05, 0) is 43.9 Å². The first-order valence-corrected chi connectivity index (χ1v) is 13.0. The Hall–Kier alpha value is -3.74. The van der Waals surface area contributed by atoms with Crippen LogP contribution in [0.4, 0.5) is 5.69 Å². The summed E-state index contributed by atoms with van der Waals surface area (Å²) in [6.45, 7) is 8.26. The number of hydrogen-bond acceptors (Lipinski definition) is 6. The molecule has 0 aromatic heterocycles. The Morgan fingerprint density at radius 1 is 1.08 bits per heavy atom. The monoisotopic (exact) mass is 500 g/mol. The molecule has 1 aliphatic heterocycles. The van der Waals surface area contributed by atoms with Crippen LogP contribution in [0, 0.1) is 27.9 Å². The van der Waals surface area contributed by atoms with Crippen LogP contribution in [0.5, 0.6) is 0 Å². The summed E-state index contributed by atoms with van der Waals surface area (Å²) in [6, 6.07) is 13.6. The van der Waals surface area contributed by atoms with Gasteiger partial charge in [-0.3, -0.25) is 14.9 Å². The third-order valence-corrected chi connectivity index (χ3v) is 8.28. The van der Waals surface area contributed by atoms with Gasteiger partial charge in [0, 0.05) is 34.0 Å². The molecule has 4 atom stereocenters. The number of benzene rings is 2. The van der Waals surface area contributed by atoms with Crippen molar-refractivity contribution >= 4 is 23.1 Å². The van der Waals surface area contributed by atoms with Crippen molar-refractivity contribution in [1.82, 2.24) is 5.32 Å². The normalized spacial score (nSPS) is 25.1. The minimum absolute atomic E-state index is 0.131. The predicted molar refractivity (Wildman–Crippen MR) is 141 cm³/mol. The summed E-state index contributed by atoms with van der Waals surface area (Å²) in [5, 5.41) is 15.3. The van der Waals surface area contributed by atoms with Gasteiger partial charge in [-0.25, -0.2) is 4.79 Å². The summed E-state index contributed by atoms with van der Waals surface area (Å²) in [5.41, 5.74) is 3.19. The molecule has 1 N–H and O–H groups in total. The number of nitro groups is 1. The maximum absolute atomic E-state index is 13.9. The van der Waals surface area contributed by atoms with Gasteiger partial charge in [0.05, 0.1) is 22.1 Å². The lowest BCUT2D eigenvalue weighted by atomic mass is 9.75. The fourth-order valence-corrected chi connectivity index (χ4v) is 6.09. The van der Waals surface area contributed by atoms with Gasteiger partial charge in [-0.15, -0.1) is 0 Å². The molecular formula is C30H32N2O5. The molecule has 2 aromatic carbocycles. The molecule has 0 radical (unpaired) electrons. The van der Waals surface area contributed by atoms with E-state index in [9.17, 15) is 19.7 Å². The molecule has 0 amide bonds. The van der Waals surface area contributed by atoms with Crippen LogP contribution in [0.3, 0.4) is 0 Å². The molecule has 0 saturated heterocycles. The van der Waals surface area contributed by atoms with Gasteiger partial charge in [-0.2, -0.15) is 0 Å². The lowest BCUT2D eigenvalue weighted by molar-refractivity contribution is -0.385. The van der Waals surface area contributed by atoms with Crippen LogP contribution < -0.4 is 5.32 Å². The predicted octanol–water partition coefficient (Wildman–Crippen LogP) is 6.17. The van der Waals surface area contributed by atoms with E-state index in [4.69, 9.17) is 4.74 Å². The maximum Gasteiger partial charge on any atom is 0.337 e. The highest BCUT2D eigenvalue weighted by atomic mass is 16.6. The summed E-state index contributed by atoms with van der Waals surface area (Å²) in [4.78, 5) is 39.2. The van der Waals surface area contributed by atoms with Gasteiger partial charge in [0.2, 0.25) is 0 Å². The fourth-order valence-electron chi connectivity index (χ4n) is 6.09. The first kappa shape index (κ1) is 24.9. The second-order valence-corrected chi connectivity index (χ2v) is 10.8. The second-order valence-electron chi connectivity index (χ2n) is 10.8. The van der Waals surface area contributed by atoms with E-state index >= 15 is 0 Å². The summed E-state index contributed by atoms with van der Waals surface area (Å²) >= 11 is 0. The fraction of sp³-hybridized carbons (Fsp3) is 0.400. The van der Waals surface area contributed by atoms with Crippen LogP contribution >= 0.6 is 0 Å². The van der Waals surface area contributed by atoms with Crippen molar-refractivity contribution in [3.63, 3.8) is 0 Å². The number of Topliss-reactive ketones (excluding diaryl/α,β-unsaturated/α-hetero) is 1. The number of carbonyl (C=O) groups excluding carboxylic acids is 2. The van der Waals surface area contributed by atoms with Gasteiger partial charge in [-0.1, -0.05) is 63.2 Å². The van der Waals surface area contributed by atoms with Crippen molar-refractivity contribution in [2.45, 2.75) is 59.0 Å². The molecule has 1 fully saturated rings. The van der Waals surface area contributed by atoms with Crippen LogP contribution in [0.2, 0.25) is 0 Å². The molecular weight excluding hydrogens is 468 g/mol. The Morgan fingerprint density at radius 2 is 1.76 bits per heavy atom. The Balaban J connectivity index is 1.60. The molecule has 0 bridgehead atoms. The van der Waals surface area contributed by atoms with Crippen molar-refractivity contribution in [1.29, 1.82) is 0 Å². The lowest BCUT2D eigenvalue weighted by Gasteiger charge is -2.37. The number of hydrogen-bond donors (Lipinski definition) is 1. The maximum atomic E-state index is 13.9. The van der Waals surface area contributed by atoms with Crippen molar-refractivity contribution in [2.75, 3.05) is 0 Å². The average molecular weight is 501 g/mol.